The molecule has 0 aromatic heterocycles. The molecule has 2 N–H and O–H groups in total. The van der Waals surface area contributed by atoms with Gasteiger partial charge in [0.15, 0.2) is 0 Å². The molecule has 0 spiro atoms. The number of carbonyl (C=O) groups excluding carboxylic acids is 1. The third-order valence-corrected chi connectivity index (χ3v) is 4.19. The van der Waals surface area contributed by atoms with Gasteiger partial charge in [-0.25, -0.2) is 4.79 Å². The summed E-state index contributed by atoms with van der Waals surface area (Å²) in [6.07, 6.45) is 0.323. The number of nitrogens with one attached hydrogen (secondary N) is 1. The topological polar surface area (TPSA) is 75.6 Å². The minimum absolute atomic E-state index is 0.135. The lowest BCUT2D eigenvalue weighted by Crippen LogP contribution is -2.11. The highest BCUT2D eigenvalue weighted by atomic mass is 32.2. The molecule has 1 amide bonds. The fourth-order valence-corrected chi connectivity index (χ4v) is 2.74. The Kier molecular flexibility index (Phi) is 5.65. The fraction of sp³-hybridized carbons (Fsp3) is 0.176. The number of methoxy groups -OCH3 is 1. The van der Waals surface area contributed by atoms with Gasteiger partial charge in [0.1, 0.15) is 5.75 Å². The van der Waals surface area contributed by atoms with Crippen molar-refractivity contribution in [2.24, 2.45) is 0 Å². The minimum atomic E-state index is -1.03. The number of carboxylic acid groups (broad SMARTS) is 1. The lowest BCUT2D eigenvalue weighted by Gasteiger charge is -2.11. The predicted octanol–water partition coefficient (Wildman–Crippen LogP) is 3.89. The van der Waals surface area contributed by atoms with Crippen molar-refractivity contribution in [2.75, 3.05) is 12.4 Å². The van der Waals surface area contributed by atoms with Crippen LogP contribution in [0, 0.1) is 0 Å². The fourth-order valence-electron chi connectivity index (χ4n) is 1.86. The lowest BCUT2D eigenvalue weighted by atomic mass is 10.2. The molecule has 0 fully saturated rings. The monoisotopic (exact) mass is 331 g/mol. The molecule has 0 radical (unpaired) electrons. The molecular weight excluding hydrogens is 314 g/mol. The molecule has 2 aromatic rings. The van der Waals surface area contributed by atoms with E-state index in [-0.39, 0.29) is 11.5 Å². The van der Waals surface area contributed by atoms with E-state index in [1.54, 1.807) is 20.1 Å². The zero-order chi connectivity index (χ0) is 16.8. The highest BCUT2D eigenvalue weighted by molar-refractivity contribution is 7.99. The molecule has 0 saturated carbocycles. The van der Waals surface area contributed by atoms with Crippen LogP contribution in [-0.2, 0) is 4.79 Å². The maximum atomic E-state index is 11.7. The molecule has 0 aliphatic heterocycles. The van der Waals surface area contributed by atoms with E-state index < -0.39 is 5.97 Å². The Morgan fingerprint density at radius 3 is 2.43 bits per heavy atom. The summed E-state index contributed by atoms with van der Waals surface area (Å²) in [6.45, 7) is 1.74. The molecule has 0 bridgehead atoms. The van der Waals surface area contributed by atoms with E-state index in [4.69, 9.17) is 9.84 Å². The zero-order valence-corrected chi connectivity index (χ0v) is 13.6. The quantitative estimate of drug-likeness (QED) is 0.840. The second-order valence-corrected chi connectivity index (χ2v) is 5.81. The summed E-state index contributed by atoms with van der Waals surface area (Å²) in [6, 6.07) is 12.2. The van der Waals surface area contributed by atoms with E-state index in [1.807, 2.05) is 24.3 Å². The molecule has 2 rings (SSSR count). The van der Waals surface area contributed by atoms with Crippen LogP contribution >= 0.6 is 11.8 Å². The SMILES string of the molecule is CCC(=O)Nc1cc(C(=O)O)ccc1Sc1ccc(OC)cc1. The van der Waals surface area contributed by atoms with Crippen molar-refractivity contribution in [2.45, 2.75) is 23.1 Å². The van der Waals surface area contributed by atoms with E-state index in [9.17, 15) is 9.59 Å². The number of anilines is 1. The van der Waals surface area contributed by atoms with Gasteiger partial charge in [-0.3, -0.25) is 4.79 Å². The largest absolute Gasteiger partial charge is 0.497 e. The third kappa shape index (κ3) is 4.50. The van der Waals surface area contributed by atoms with E-state index in [2.05, 4.69) is 5.32 Å². The van der Waals surface area contributed by atoms with Gasteiger partial charge in [-0.2, -0.15) is 0 Å². The number of aromatic carboxylic acids is 1. The Morgan fingerprint density at radius 1 is 1.17 bits per heavy atom. The molecule has 6 heteroatoms. The second kappa shape index (κ2) is 7.69. The van der Waals surface area contributed by atoms with Gasteiger partial charge in [0.05, 0.1) is 18.4 Å². The molecule has 5 nitrogen and oxygen atoms in total. The van der Waals surface area contributed by atoms with Crippen LogP contribution in [0.4, 0.5) is 5.69 Å². The summed E-state index contributed by atoms with van der Waals surface area (Å²) in [5.41, 5.74) is 0.632. The van der Waals surface area contributed by atoms with Gasteiger partial charge in [0.25, 0.3) is 0 Å². The van der Waals surface area contributed by atoms with Gasteiger partial charge in [0, 0.05) is 16.2 Å². The van der Waals surface area contributed by atoms with Crippen LogP contribution in [0.5, 0.6) is 5.75 Å². The van der Waals surface area contributed by atoms with Gasteiger partial charge in [0.2, 0.25) is 5.91 Å². The van der Waals surface area contributed by atoms with Crippen molar-refractivity contribution < 1.29 is 19.4 Å². The number of carbonyl (C=O) groups is 2. The molecule has 0 saturated heterocycles. The molecular formula is C17H17NO4S. The number of hydrogen-bond donors (Lipinski definition) is 2. The van der Waals surface area contributed by atoms with Crippen molar-refractivity contribution in [1.29, 1.82) is 0 Å². The van der Waals surface area contributed by atoms with Crippen LogP contribution in [0.25, 0.3) is 0 Å². The second-order valence-electron chi connectivity index (χ2n) is 4.70. The average molecular weight is 331 g/mol. The van der Waals surface area contributed by atoms with Crippen LogP contribution in [0.15, 0.2) is 52.3 Å². The minimum Gasteiger partial charge on any atom is -0.497 e. The van der Waals surface area contributed by atoms with Crippen molar-refractivity contribution in [3.8, 4) is 5.75 Å². The normalized spacial score (nSPS) is 10.2. The molecule has 0 heterocycles. The summed E-state index contributed by atoms with van der Waals surface area (Å²) in [7, 11) is 1.60. The Bertz CT molecular complexity index is 713. The first-order chi connectivity index (χ1) is 11.0. The van der Waals surface area contributed by atoms with E-state index in [0.717, 1.165) is 15.5 Å². The number of carboxylic acids is 1. The standard InChI is InChI=1S/C17H17NO4S/c1-3-16(19)18-14-10-11(17(20)21)4-9-15(14)23-13-7-5-12(22-2)6-8-13/h4-10H,3H2,1-2H3,(H,18,19)(H,20,21). The molecule has 0 atom stereocenters. The summed E-state index contributed by atoms with van der Waals surface area (Å²) in [5, 5.41) is 11.9. The number of benzene rings is 2. The van der Waals surface area contributed by atoms with Crippen molar-refractivity contribution in [3.63, 3.8) is 0 Å². The number of rotatable bonds is 6. The van der Waals surface area contributed by atoms with Crippen LogP contribution in [0.2, 0.25) is 0 Å². The van der Waals surface area contributed by atoms with Gasteiger partial charge in [-0.15, -0.1) is 0 Å². The van der Waals surface area contributed by atoms with Crippen LogP contribution in [-0.4, -0.2) is 24.1 Å². The molecule has 0 unspecified atom stereocenters. The smallest absolute Gasteiger partial charge is 0.335 e. The Morgan fingerprint density at radius 2 is 1.87 bits per heavy atom. The highest BCUT2D eigenvalue weighted by Crippen LogP contribution is 2.35. The number of ether oxygens (including phenoxy) is 1. The zero-order valence-electron chi connectivity index (χ0n) is 12.8. The molecule has 120 valence electrons. The van der Waals surface area contributed by atoms with Gasteiger partial charge < -0.3 is 15.2 Å². The first kappa shape index (κ1) is 16.9. The Hall–Kier alpha value is -2.47. The van der Waals surface area contributed by atoms with Crippen LogP contribution in [0.1, 0.15) is 23.7 Å². The van der Waals surface area contributed by atoms with Crippen molar-refractivity contribution >= 4 is 29.3 Å². The third-order valence-electron chi connectivity index (χ3n) is 3.11. The molecule has 0 aliphatic carbocycles. The predicted molar refractivity (Wildman–Crippen MR) is 89.4 cm³/mol. The first-order valence-corrected chi connectivity index (χ1v) is 7.84. The van der Waals surface area contributed by atoms with Crippen LogP contribution < -0.4 is 10.1 Å². The van der Waals surface area contributed by atoms with Crippen LogP contribution in [0.3, 0.4) is 0 Å². The van der Waals surface area contributed by atoms with Gasteiger partial charge in [-0.05, 0) is 42.5 Å². The van der Waals surface area contributed by atoms with E-state index in [1.165, 1.54) is 23.9 Å². The number of hydrogen-bond acceptors (Lipinski definition) is 4. The van der Waals surface area contributed by atoms with E-state index in [0.29, 0.717) is 12.1 Å². The lowest BCUT2D eigenvalue weighted by molar-refractivity contribution is -0.115. The summed E-state index contributed by atoms with van der Waals surface area (Å²) < 4.78 is 5.12. The maximum absolute atomic E-state index is 11.7. The summed E-state index contributed by atoms with van der Waals surface area (Å²) in [4.78, 5) is 24.5. The molecule has 0 aliphatic rings. The maximum Gasteiger partial charge on any atom is 0.335 e. The van der Waals surface area contributed by atoms with E-state index >= 15 is 0 Å². The summed E-state index contributed by atoms with van der Waals surface area (Å²) >= 11 is 1.44. The van der Waals surface area contributed by atoms with Gasteiger partial charge >= 0.3 is 5.97 Å². The van der Waals surface area contributed by atoms with Crippen molar-refractivity contribution in [3.05, 3.63) is 48.0 Å². The average Bonchev–Trinajstić information content (AvgIpc) is 2.56. The Labute approximate surface area is 138 Å². The molecule has 23 heavy (non-hydrogen) atoms. The highest BCUT2D eigenvalue weighted by Gasteiger charge is 2.12. The molecule has 2 aromatic carbocycles. The number of amides is 1. The first-order valence-electron chi connectivity index (χ1n) is 7.02. The van der Waals surface area contributed by atoms with Gasteiger partial charge in [-0.1, -0.05) is 18.7 Å². The van der Waals surface area contributed by atoms with Crippen molar-refractivity contribution in [1.82, 2.24) is 0 Å². The summed E-state index contributed by atoms with van der Waals surface area (Å²) in [5.74, 6) is -0.433. The Balaban J connectivity index is 2.31.